The number of anilines is 4. The third kappa shape index (κ3) is 4.90. The number of aromatic hydroxyl groups is 2. The van der Waals surface area contributed by atoms with Gasteiger partial charge in [0, 0.05) is 11.1 Å². The summed E-state index contributed by atoms with van der Waals surface area (Å²) in [5.41, 5.74) is 26.5. The zero-order valence-electron chi connectivity index (χ0n) is 19.6. The first-order valence-corrected chi connectivity index (χ1v) is 11.0. The van der Waals surface area contributed by atoms with Crippen LogP contribution in [-0.2, 0) is 0 Å². The Kier molecular flexibility index (Phi) is 6.02. The Labute approximate surface area is 214 Å². The van der Waals surface area contributed by atoms with Gasteiger partial charge in [0.1, 0.15) is 11.5 Å². The summed E-state index contributed by atoms with van der Waals surface area (Å²) in [7, 11) is 0. The van der Waals surface area contributed by atoms with E-state index in [9.17, 15) is 10.2 Å². The molecule has 0 amide bonds. The van der Waals surface area contributed by atoms with E-state index in [4.69, 9.17) is 22.9 Å². The standard InChI is InChI=1S/2C12H10N6O/c2*13-10-9-11(18-12(14)17-10)15-5-8(16-9)6-2-1-3-7(19)4-6/h2*1-5,19H,(H4,13,14,15,17,18). The highest BCUT2D eigenvalue weighted by atomic mass is 16.3. The summed E-state index contributed by atoms with van der Waals surface area (Å²) in [4.78, 5) is 32.6. The van der Waals surface area contributed by atoms with Crippen LogP contribution in [0.2, 0.25) is 0 Å². The summed E-state index contributed by atoms with van der Waals surface area (Å²) in [6.45, 7) is 0. The smallest absolute Gasteiger partial charge is 0.224 e. The van der Waals surface area contributed by atoms with Gasteiger partial charge in [0.15, 0.2) is 34.0 Å². The number of rotatable bonds is 2. The van der Waals surface area contributed by atoms with Crippen LogP contribution in [0.15, 0.2) is 60.9 Å². The van der Waals surface area contributed by atoms with Gasteiger partial charge in [-0.15, -0.1) is 0 Å². The van der Waals surface area contributed by atoms with Crippen LogP contribution in [0.5, 0.6) is 11.5 Å². The lowest BCUT2D eigenvalue weighted by atomic mass is 10.1. The molecular weight excluding hydrogens is 488 g/mol. The molecule has 0 spiro atoms. The largest absolute Gasteiger partial charge is 0.508 e. The first-order chi connectivity index (χ1) is 18.3. The van der Waals surface area contributed by atoms with Crippen molar-refractivity contribution in [2.24, 2.45) is 0 Å². The number of nitrogens with two attached hydrogens (primary N) is 4. The molecule has 14 heteroatoms. The van der Waals surface area contributed by atoms with Gasteiger partial charge in [-0.1, -0.05) is 24.3 Å². The van der Waals surface area contributed by atoms with Gasteiger partial charge in [-0.25, -0.2) is 19.9 Å². The number of benzene rings is 2. The fourth-order valence-corrected chi connectivity index (χ4v) is 3.50. The Morgan fingerprint density at radius 1 is 0.526 bits per heavy atom. The number of nitrogen functional groups attached to an aromatic ring is 4. The number of fused-ring (bicyclic) bond motifs is 2. The van der Waals surface area contributed by atoms with Gasteiger partial charge in [0.05, 0.1) is 23.8 Å². The summed E-state index contributed by atoms with van der Waals surface area (Å²) in [6, 6.07) is 13.4. The van der Waals surface area contributed by atoms with Crippen molar-refractivity contribution in [2.75, 3.05) is 22.9 Å². The normalized spacial score (nSPS) is 10.7. The minimum absolute atomic E-state index is 0.0596. The maximum absolute atomic E-state index is 9.46. The highest BCUT2D eigenvalue weighted by molar-refractivity contribution is 5.84. The predicted molar refractivity (Wildman–Crippen MR) is 142 cm³/mol. The Morgan fingerprint density at radius 3 is 1.34 bits per heavy atom. The third-order valence-electron chi connectivity index (χ3n) is 5.19. The van der Waals surface area contributed by atoms with Crippen LogP contribution in [-0.4, -0.2) is 50.1 Å². The van der Waals surface area contributed by atoms with Crippen molar-refractivity contribution in [3.63, 3.8) is 0 Å². The molecule has 0 unspecified atom stereocenters. The second-order valence-corrected chi connectivity index (χ2v) is 7.89. The van der Waals surface area contributed by atoms with E-state index in [1.165, 1.54) is 0 Å². The second-order valence-electron chi connectivity index (χ2n) is 7.89. The summed E-state index contributed by atoms with van der Waals surface area (Å²) >= 11 is 0. The van der Waals surface area contributed by atoms with E-state index in [2.05, 4.69) is 39.9 Å². The van der Waals surface area contributed by atoms with Gasteiger partial charge < -0.3 is 33.1 Å². The molecule has 10 N–H and O–H groups in total. The monoisotopic (exact) mass is 508 g/mol. The lowest BCUT2D eigenvalue weighted by Crippen LogP contribution is -2.03. The zero-order valence-corrected chi connectivity index (χ0v) is 19.6. The zero-order chi connectivity index (χ0) is 26.8. The van der Waals surface area contributed by atoms with Crippen LogP contribution in [0, 0.1) is 0 Å². The molecule has 38 heavy (non-hydrogen) atoms. The van der Waals surface area contributed by atoms with Crippen molar-refractivity contribution in [3.05, 3.63) is 60.9 Å². The lowest BCUT2D eigenvalue weighted by Gasteiger charge is -2.04. The van der Waals surface area contributed by atoms with Crippen molar-refractivity contribution in [3.8, 4) is 34.0 Å². The van der Waals surface area contributed by atoms with E-state index in [0.717, 1.165) is 11.1 Å². The van der Waals surface area contributed by atoms with Crippen LogP contribution in [0.1, 0.15) is 0 Å². The Balaban J connectivity index is 0.000000155. The molecule has 0 atom stereocenters. The van der Waals surface area contributed by atoms with Crippen LogP contribution >= 0.6 is 0 Å². The minimum Gasteiger partial charge on any atom is -0.508 e. The van der Waals surface area contributed by atoms with Gasteiger partial charge >= 0.3 is 0 Å². The number of hydrogen-bond acceptors (Lipinski definition) is 14. The molecule has 6 rings (SSSR count). The summed E-state index contributed by atoms with van der Waals surface area (Å²) in [5, 5.41) is 18.9. The fraction of sp³-hybridized carbons (Fsp3) is 0. The minimum atomic E-state index is 0.0596. The molecule has 0 radical (unpaired) electrons. The van der Waals surface area contributed by atoms with E-state index in [-0.39, 0.29) is 35.0 Å². The second kappa shape index (κ2) is 9.62. The molecule has 0 bridgehead atoms. The molecule has 188 valence electrons. The number of phenols is 2. The van der Waals surface area contributed by atoms with Crippen molar-refractivity contribution >= 4 is 45.9 Å². The maximum Gasteiger partial charge on any atom is 0.224 e. The van der Waals surface area contributed by atoms with Crippen molar-refractivity contribution in [1.29, 1.82) is 0 Å². The van der Waals surface area contributed by atoms with Gasteiger partial charge in [-0.05, 0) is 24.3 Å². The molecule has 6 aromatic rings. The van der Waals surface area contributed by atoms with Crippen LogP contribution in [0.3, 0.4) is 0 Å². The molecule has 0 aliphatic rings. The third-order valence-corrected chi connectivity index (χ3v) is 5.19. The molecule has 0 aliphatic heterocycles. The Morgan fingerprint density at radius 2 is 0.947 bits per heavy atom. The molecule has 2 aromatic carbocycles. The quantitative estimate of drug-likeness (QED) is 0.195. The summed E-state index contributed by atoms with van der Waals surface area (Å²) < 4.78 is 0. The number of aromatic nitrogens is 8. The molecule has 14 nitrogen and oxygen atoms in total. The average Bonchev–Trinajstić information content (AvgIpc) is 2.88. The molecule has 0 aliphatic carbocycles. The van der Waals surface area contributed by atoms with E-state index in [0.29, 0.717) is 33.7 Å². The van der Waals surface area contributed by atoms with Crippen molar-refractivity contribution in [2.45, 2.75) is 0 Å². The first-order valence-electron chi connectivity index (χ1n) is 11.0. The summed E-state index contributed by atoms with van der Waals surface area (Å²) in [5.74, 6) is 0.782. The Hall–Kier alpha value is -5.92. The first kappa shape index (κ1) is 23.8. The molecule has 4 heterocycles. The fourth-order valence-electron chi connectivity index (χ4n) is 3.50. The van der Waals surface area contributed by atoms with Gasteiger partial charge in [-0.3, -0.25) is 0 Å². The van der Waals surface area contributed by atoms with Gasteiger partial charge in [0.25, 0.3) is 0 Å². The highest BCUT2D eigenvalue weighted by Gasteiger charge is 2.10. The summed E-state index contributed by atoms with van der Waals surface area (Å²) in [6.07, 6.45) is 3.09. The Bertz CT molecular complexity index is 1680. The van der Waals surface area contributed by atoms with Crippen LogP contribution < -0.4 is 22.9 Å². The van der Waals surface area contributed by atoms with Gasteiger partial charge in [-0.2, -0.15) is 19.9 Å². The number of nitrogens with zero attached hydrogens (tertiary/aromatic N) is 8. The van der Waals surface area contributed by atoms with Crippen molar-refractivity contribution < 1.29 is 10.2 Å². The van der Waals surface area contributed by atoms with Gasteiger partial charge in [0.2, 0.25) is 11.9 Å². The van der Waals surface area contributed by atoms with E-state index in [1.807, 2.05) is 12.1 Å². The van der Waals surface area contributed by atoms with Crippen molar-refractivity contribution in [1.82, 2.24) is 39.9 Å². The average molecular weight is 509 g/mol. The molecule has 0 saturated heterocycles. The molecule has 0 fully saturated rings. The topological polar surface area (TPSA) is 248 Å². The predicted octanol–water partition coefficient (Wildman–Crippen LogP) is 1.91. The SMILES string of the molecule is Nc1nc(N)c2nc(-c3cccc(O)c3)cnc2n1.Nc1nc(N)c2nc(-c3cccc(O)c3)cnc2n1. The molecule has 4 aromatic heterocycles. The van der Waals surface area contributed by atoms with Crippen LogP contribution in [0.4, 0.5) is 23.5 Å². The van der Waals surface area contributed by atoms with E-state index >= 15 is 0 Å². The van der Waals surface area contributed by atoms with Crippen LogP contribution in [0.25, 0.3) is 44.8 Å². The van der Waals surface area contributed by atoms with E-state index < -0.39 is 0 Å². The molecular formula is C24H20N12O2. The highest BCUT2D eigenvalue weighted by Crippen LogP contribution is 2.25. The number of phenolic OH excluding ortho intramolecular Hbond substituents is 2. The lowest BCUT2D eigenvalue weighted by molar-refractivity contribution is 0.475. The maximum atomic E-state index is 9.46. The molecule has 0 saturated carbocycles. The number of hydrogen-bond donors (Lipinski definition) is 6. The van der Waals surface area contributed by atoms with E-state index in [1.54, 1.807) is 48.8 Å².